The van der Waals surface area contributed by atoms with Crippen molar-refractivity contribution in [2.75, 3.05) is 14.1 Å². The zero-order valence-electron chi connectivity index (χ0n) is 18.1. The van der Waals surface area contributed by atoms with Crippen molar-refractivity contribution in [2.24, 2.45) is 23.5 Å². The van der Waals surface area contributed by atoms with Crippen LogP contribution < -0.4 is 5.73 Å². The van der Waals surface area contributed by atoms with E-state index in [1.54, 1.807) is 14.1 Å². The lowest BCUT2D eigenvalue weighted by Crippen LogP contribution is -2.74. The average Bonchev–Trinajstić information content (AvgIpc) is 2.69. The first-order chi connectivity index (χ1) is 15.2. The van der Waals surface area contributed by atoms with Gasteiger partial charge in [0.05, 0.1) is 17.3 Å². The summed E-state index contributed by atoms with van der Waals surface area (Å²) < 4.78 is 0. The summed E-state index contributed by atoms with van der Waals surface area (Å²) in [4.78, 5) is 40.4. The Morgan fingerprint density at radius 1 is 1.21 bits per heavy atom. The number of phenols is 1. The van der Waals surface area contributed by atoms with Crippen LogP contribution in [0, 0.1) is 17.8 Å². The highest BCUT2D eigenvalue weighted by atomic mass is 35.5. The summed E-state index contributed by atoms with van der Waals surface area (Å²) in [7, 11) is 3.08. The van der Waals surface area contributed by atoms with Crippen LogP contribution in [0.2, 0.25) is 5.02 Å². The molecule has 4 rings (SSSR count). The van der Waals surface area contributed by atoms with Crippen LogP contribution in [0.4, 0.5) is 0 Å². The Morgan fingerprint density at radius 3 is 2.32 bits per heavy atom. The van der Waals surface area contributed by atoms with Crippen molar-refractivity contribution >= 4 is 34.8 Å². The number of hydrogen-bond donors (Lipinski definition) is 6. The Hall–Kier alpha value is -2.50. The second kappa shape index (κ2) is 8.03. The van der Waals surface area contributed by atoms with E-state index in [4.69, 9.17) is 17.3 Å². The first kappa shape index (κ1) is 26.1. The number of halogens is 1. The first-order valence-electron chi connectivity index (χ1n) is 10.3. The highest BCUT2D eigenvalue weighted by molar-refractivity contribution is 6.32. The summed E-state index contributed by atoms with van der Waals surface area (Å²) in [6.07, 6.45) is -1.84. The number of amides is 1. The summed E-state index contributed by atoms with van der Waals surface area (Å²) in [6.45, 7) is 1.35. The van der Waals surface area contributed by atoms with Gasteiger partial charge in [-0.3, -0.25) is 14.4 Å². The van der Waals surface area contributed by atoms with Gasteiger partial charge < -0.3 is 36.2 Å². The number of aliphatic hydroxyl groups is 4. The fourth-order valence-electron chi connectivity index (χ4n) is 5.94. The molecule has 3 aliphatic carbocycles. The number of fused-ring (bicyclic) bond motifs is 3. The molecule has 34 heavy (non-hydrogen) atoms. The molecule has 3 aliphatic rings. The van der Waals surface area contributed by atoms with E-state index in [0.717, 1.165) is 0 Å². The van der Waals surface area contributed by atoms with Crippen molar-refractivity contribution in [3.8, 4) is 5.75 Å². The molecule has 0 heterocycles. The molecule has 186 valence electrons. The van der Waals surface area contributed by atoms with Crippen LogP contribution in [0.3, 0.4) is 0 Å². The van der Waals surface area contributed by atoms with Crippen molar-refractivity contribution in [1.82, 2.24) is 4.90 Å². The molecule has 0 radical (unpaired) electrons. The van der Waals surface area contributed by atoms with Gasteiger partial charge in [0.25, 0.3) is 0 Å². The predicted octanol–water partition coefficient (Wildman–Crippen LogP) is 0.0835. The maximum atomic E-state index is 13.7. The number of likely N-dealkylation sites (N-methyl/N-ethyl adjacent to an activating group) is 1. The monoisotopic (exact) mass is 496 g/mol. The fraction of sp³-hybridized carbons (Fsp3) is 0.522. The summed E-state index contributed by atoms with van der Waals surface area (Å²) in [5, 5.41) is 55.3. The van der Waals surface area contributed by atoms with E-state index in [-0.39, 0.29) is 30.0 Å². The number of aromatic hydroxyl groups is 1. The molecule has 10 nitrogen and oxygen atoms in total. The van der Waals surface area contributed by atoms with E-state index in [2.05, 4.69) is 0 Å². The topological polar surface area (TPSA) is 182 Å². The van der Waals surface area contributed by atoms with E-state index < -0.39 is 75.7 Å². The van der Waals surface area contributed by atoms with Crippen LogP contribution in [-0.4, -0.2) is 79.7 Å². The van der Waals surface area contributed by atoms with E-state index >= 15 is 0 Å². The molecule has 0 saturated heterocycles. The molecular formula is C23H29ClN2O8. The van der Waals surface area contributed by atoms with Gasteiger partial charge in [-0.15, -0.1) is 0 Å². The Labute approximate surface area is 201 Å². The normalized spacial score (nSPS) is 37.0. The van der Waals surface area contributed by atoms with Crippen LogP contribution in [0.25, 0.3) is 5.76 Å². The Morgan fingerprint density at radius 2 is 1.79 bits per heavy atom. The number of Topliss-reactive ketones (excluding diaryl/α,β-unsaturated/α-hetero) is 2. The molecule has 1 aromatic carbocycles. The second-order valence-electron chi connectivity index (χ2n) is 9.41. The quantitative estimate of drug-likeness (QED) is 0.309. The van der Waals surface area contributed by atoms with Crippen LogP contribution >= 0.6 is 11.6 Å². The van der Waals surface area contributed by atoms with E-state index in [1.807, 2.05) is 0 Å². The Balaban J connectivity index is 0.00000324. The third-order valence-corrected chi connectivity index (χ3v) is 7.75. The van der Waals surface area contributed by atoms with Gasteiger partial charge in [0.2, 0.25) is 11.7 Å². The van der Waals surface area contributed by atoms with Gasteiger partial charge in [-0.05, 0) is 39.6 Å². The van der Waals surface area contributed by atoms with E-state index in [1.165, 1.54) is 24.0 Å². The molecule has 1 amide bonds. The standard InChI is InChI=1S/C22H25ClN2O8.CH4/c1-21(32)7-6-8-15(25(2)3)17(28)13(20(24)31)19(30)22(8,33)18(29)11(7)16(27)12-10(26)5-4-9(23)14(12)21;/h4-5,7-8,13,15,17,26-28,32-33H,6H2,1-3H3,(H2,24,31);1H4. The lowest BCUT2D eigenvalue weighted by atomic mass is 9.52. The Bertz CT molecular complexity index is 1130. The van der Waals surface area contributed by atoms with Crippen molar-refractivity contribution in [1.29, 1.82) is 0 Å². The molecule has 7 N–H and O–H groups in total. The maximum absolute atomic E-state index is 13.7. The summed E-state index contributed by atoms with van der Waals surface area (Å²) in [5.41, 5.74) is -0.116. The minimum atomic E-state index is -2.80. The van der Waals surface area contributed by atoms with Gasteiger partial charge in [-0.2, -0.15) is 0 Å². The van der Waals surface area contributed by atoms with Gasteiger partial charge in [0.1, 0.15) is 17.4 Å². The van der Waals surface area contributed by atoms with E-state index in [0.29, 0.717) is 0 Å². The zero-order chi connectivity index (χ0) is 24.8. The number of phenolic OH excluding ortho intramolecular Hbond substituents is 1. The van der Waals surface area contributed by atoms with Gasteiger partial charge in [-0.25, -0.2) is 0 Å². The maximum Gasteiger partial charge on any atom is 0.230 e. The highest BCUT2D eigenvalue weighted by Crippen LogP contribution is 2.58. The summed E-state index contributed by atoms with van der Waals surface area (Å²) >= 11 is 6.28. The number of aliphatic hydroxyl groups excluding tert-OH is 2. The van der Waals surface area contributed by atoms with Gasteiger partial charge >= 0.3 is 0 Å². The van der Waals surface area contributed by atoms with Crippen LogP contribution in [-0.2, 0) is 20.0 Å². The van der Waals surface area contributed by atoms with Crippen molar-refractivity contribution in [3.05, 3.63) is 33.9 Å². The smallest absolute Gasteiger partial charge is 0.230 e. The Kier molecular flexibility index (Phi) is 6.17. The summed E-state index contributed by atoms with van der Waals surface area (Å²) in [5.74, 6) is -9.14. The van der Waals surface area contributed by atoms with Crippen LogP contribution in [0.5, 0.6) is 5.75 Å². The van der Waals surface area contributed by atoms with Gasteiger partial charge in [0.15, 0.2) is 11.4 Å². The largest absolute Gasteiger partial charge is 0.507 e. The molecule has 0 bridgehead atoms. The number of carbonyl (C=O) groups excluding carboxylic acids is 3. The first-order valence-corrected chi connectivity index (χ1v) is 10.7. The molecule has 0 spiro atoms. The number of hydrogen-bond acceptors (Lipinski definition) is 9. The number of primary amides is 1. The number of ketones is 2. The fourth-order valence-corrected chi connectivity index (χ4v) is 6.29. The number of nitrogens with zero attached hydrogens (tertiary/aromatic N) is 1. The van der Waals surface area contributed by atoms with Crippen LogP contribution in [0.1, 0.15) is 31.9 Å². The lowest BCUT2D eigenvalue weighted by molar-refractivity contribution is -0.188. The zero-order valence-corrected chi connectivity index (χ0v) is 18.9. The van der Waals surface area contributed by atoms with Crippen molar-refractivity contribution < 1.29 is 39.9 Å². The van der Waals surface area contributed by atoms with Crippen molar-refractivity contribution in [3.63, 3.8) is 0 Å². The van der Waals surface area contributed by atoms with Gasteiger partial charge in [-0.1, -0.05) is 19.0 Å². The molecule has 0 aliphatic heterocycles. The number of carbonyl (C=O) groups is 3. The SMILES string of the molecule is C.CN(C)C1C(O)C(C(N)=O)C(=O)C2(O)C(=O)C3=C(O)c4c(O)ccc(Cl)c4C(C)(O)C3CC12. The molecule has 7 atom stereocenters. The third kappa shape index (κ3) is 3.06. The number of benzene rings is 1. The number of rotatable bonds is 2. The van der Waals surface area contributed by atoms with E-state index in [9.17, 15) is 39.9 Å². The minimum absolute atomic E-state index is 0. The number of nitrogens with two attached hydrogens (primary N) is 1. The molecular weight excluding hydrogens is 468 g/mol. The molecule has 11 heteroatoms. The highest BCUT2D eigenvalue weighted by Gasteiger charge is 2.69. The van der Waals surface area contributed by atoms with Crippen LogP contribution in [0.15, 0.2) is 17.7 Å². The van der Waals surface area contributed by atoms with Gasteiger partial charge in [0, 0.05) is 34.0 Å². The lowest BCUT2D eigenvalue weighted by Gasteiger charge is -2.55. The molecule has 2 saturated carbocycles. The molecule has 0 aromatic heterocycles. The minimum Gasteiger partial charge on any atom is -0.507 e. The average molecular weight is 497 g/mol. The predicted molar refractivity (Wildman–Crippen MR) is 122 cm³/mol. The third-order valence-electron chi connectivity index (χ3n) is 7.44. The summed E-state index contributed by atoms with van der Waals surface area (Å²) in [6, 6.07) is 1.44. The second-order valence-corrected chi connectivity index (χ2v) is 9.81. The molecule has 7 unspecified atom stereocenters. The molecule has 2 fully saturated rings. The van der Waals surface area contributed by atoms with Crippen molar-refractivity contribution in [2.45, 2.75) is 44.1 Å². The molecule has 1 aromatic rings.